The highest BCUT2D eigenvalue weighted by Gasteiger charge is 2.21. The number of amides is 2. The lowest BCUT2D eigenvalue weighted by Gasteiger charge is -2.29. The van der Waals surface area contributed by atoms with Crippen molar-refractivity contribution < 1.29 is 9.59 Å². The van der Waals surface area contributed by atoms with E-state index < -0.39 is 0 Å². The third-order valence-corrected chi connectivity index (χ3v) is 3.70. The van der Waals surface area contributed by atoms with Gasteiger partial charge in [-0.3, -0.25) is 9.59 Å². The molecule has 122 valence electrons. The predicted octanol–water partition coefficient (Wildman–Crippen LogP) is 3.42. The molecule has 0 aliphatic carbocycles. The van der Waals surface area contributed by atoms with Gasteiger partial charge in [0.15, 0.2) is 0 Å². The zero-order valence-corrected chi connectivity index (χ0v) is 14.6. The fourth-order valence-corrected chi connectivity index (χ4v) is 2.59. The van der Waals surface area contributed by atoms with Crippen LogP contribution in [-0.2, 0) is 9.59 Å². The zero-order chi connectivity index (χ0) is 16.9. The average molecular weight is 304 g/mol. The minimum Gasteiger partial charge on any atom is -0.355 e. The fourth-order valence-electron chi connectivity index (χ4n) is 2.59. The monoisotopic (exact) mass is 304 g/mol. The Morgan fingerprint density at radius 3 is 1.91 bits per heavy atom. The van der Waals surface area contributed by atoms with Crippen LogP contribution < -0.4 is 10.2 Å². The van der Waals surface area contributed by atoms with Crippen molar-refractivity contribution in [1.29, 1.82) is 0 Å². The van der Waals surface area contributed by atoms with E-state index in [9.17, 15) is 9.59 Å². The second kappa shape index (κ2) is 7.97. The van der Waals surface area contributed by atoms with E-state index in [0.717, 1.165) is 5.69 Å². The number of hydrogen-bond acceptors (Lipinski definition) is 2. The maximum Gasteiger partial charge on any atom is 0.223 e. The van der Waals surface area contributed by atoms with Gasteiger partial charge in [-0.2, -0.15) is 0 Å². The topological polar surface area (TPSA) is 49.4 Å². The maximum atomic E-state index is 12.2. The van der Waals surface area contributed by atoms with Crippen LogP contribution in [0.25, 0.3) is 0 Å². The molecule has 1 rings (SSSR count). The highest BCUT2D eigenvalue weighted by Crippen LogP contribution is 2.35. The van der Waals surface area contributed by atoms with Gasteiger partial charge in [-0.15, -0.1) is 0 Å². The quantitative estimate of drug-likeness (QED) is 0.875. The Kier molecular flexibility index (Phi) is 6.60. The Morgan fingerprint density at radius 2 is 1.55 bits per heavy atom. The molecule has 0 spiro atoms. The first-order valence-corrected chi connectivity index (χ1v) is 7.91. The number of para-hydroxylation sites is 1. The van der Waals surface area contributed by atoms with E-state index in [1.165, 1.54) is 18.1 Å². The van der Waals surface area contributed by atoms with Crippen molar-refractivity contribution in [3.63, 3.8) is 0 Å². The summed E-state index contributed by atoms with van der Waals surface area (Å²) in [5.74, 6) is 0.581. The number of hydrogen-bond donors (Lipinski definition) is 1. The molecule has 0 aromatic heterocycles. The molecule has 0 heterocycles. The molecule has 1 N–H and O–H groups in total. The highest BCUT2D eigenvalue weighted by molar-refractivity contribution is 5.93. The fraction of sp³-hybridized carbons (Fsp3) is 0.556. The molecule has 4 nitrogen and oxygen atoms in total. The third kappa shape index (κ3) is 4.58. The Balaban J connectivity index is 3.26. The zero-order valence-electron chi connectivity index (χ0n) is 14.6. The van der Waals surface area contributed by atoms with E-state index in [1.807, 2.05) is 0 Å². The van der Waals surface area contributed by atoms with Crippen LogP contribution in [0, 0.1) is 0 Å². The third-order valence-electron chi connectivity index (χ3n) is 3.70. The van der Waals surface area contributed by atoms with Gasteiger partial charge >= 0.3 is 0 Å². The summed E-state index contributed by atoms with van der Waals surface area (Å²) in [5, 5.41) is 2.77. The molecule has 0 radical (unpaired) electrons. The van der Waals surface area contributed by atoms with Gasteiger partial charge in [0, 0.05) is 26.9 Å². The molecule has 0 bridgehead atoms. The smallest absolute Gasteiger partial charge is 0.223 e. The van der Waals surface area contributed by atoms with Crippen molar-refractivity contribution in [2.45, 2.75) is 53.4 Å². The molecule has 2 amide bonds. The SMILES string of the molecule is CC(=O)NCCN(C(C)=O)c1c(C(C)C)cccc1C(C)C. The minimum atomic E-state index is -0.0790. The summed E-state index contributed by atoms with van der Waals surface area (Å²) >= 11 is 0. The van der Waals surface area contributed by atoms with Gasteiger partial charge in [0.05, 0.1) is 5.69 Å². The average Bonchev–Trinajstić information content (AvgIpc) is 2.42. The van der Waals surface area contributed by atoms with Crippen LogP contribution in [0.4, 0.5) is 5.69 Å². The molecule has 0 aliphatic heterocycles. The Labute approximate surface area is 133 Å². The molecular formula is C18H28N2O2. The van der Waals surface area contributed by atoms with Gasteiger partial charge in [-0.25, -0.2) is 0 Å². The molecule has 0 saturated carbocycles. The highest BCUT2D eigenvalue weighted by atomic mass is 16.2. The van der Waals surface area contributed by atoms with E-state index in [2.05, 4.69) is 51.2 Å². The largest absolute Gasteiger partial charge is 0.355 e. The number of nitrogens with one attached hydrogen (secondary N) is 1. The van der Waals surface area contributed by atoms with Crippen molar-refractivity contribution in [2.75, 3.05) is 18.0 Å². The van der Waals surface area contributed by atoms with E-state index in [-0.39, 0.29) is 11.8 Å². The van der Waals surface area contributed by atoms with Crippen LogP contribution in [0.3, 0.4) is 0 Å². The number of benzene rings is 1. The Hall–Kier alpha value is -1.84. The van der Waals surface area contributed by atoms with Gasteiger partial charge in [-0.1, -0.05) is 45.9 Å². The number of carbonyl (C=O) groups is 2. The van der Waals surface area contributed by atoms with E-state index in [4.69, 9.17) is 0 Å². The van der Waals surface area contributed by atoms with Gasteiger partial charge in [0.25, 0.3) is 0 Å². The van der Waals surface area contributed by atoms with Crippen LogP contribution in [0.15, 0.2) is 18.2 Å². The molecule has 0 saturated heterocycles. The molecule has 0 atom stereocenters. The first-order chi connectivity index (χ1) is 10.3. The van der Waals surface area contributed by atoms with Gasteiger partial charge in [-0.05, 0) is 23.0 Å². The lowest BCUT2D eigenvalue weighted by Crippen LogP contribution is -2.38. The first kappa shape index (κ1) is 18.2. The summed E-state index contributed by atoms with van der Waals surface area (Å²) in [5.41, 5.74) is 3.35. The van der Waals surface area contributed by atoms with E-state index in [1.54, 1.807) is 11.8 Å². The predicted molar refractivity (Wildman–Crippen MR) is 91.3 cm³/mol. The lowest BCUT2D eigenvalue weighted by atomic mass is 9.92. The van der Waals surface area contributed by atoms with Gasteiger partial charge in [0.1, 0.15) is 0 Å². The molecule has 1 aromatic carbocycles. The van der Waals surface area contributed by atoms with E-state index >= 15 is 0 Å². The van der Waals surface area contributed by atoms with Crippen molar-refractivity contribution in [3.8, 4) is 0 Å². The van der Waals surface area contributed by atoms with Crippen molar-refractivity contribution in [2.24, 2.45) is 0 Å². The summed E-state index contributed by atoms with van der Waals surface area (Å²) in [6.07, 6.45) is 0. The summed E-state index contributed by atoms with van der Waals surface area (Å²) in [6, 6.07) is 6.22. The molecule has 0 fully saturated rings. The number of carbonyl (C=O) groups excluding carboxylic acids is 2. The second-order valence-electron chi connectivity index (χ2n) is 6.25. The molecule has 0 aliphatic rings. The van der Waals surface area contributed by atoms with Crippen LogP contribution in [0.2, 0.25) is 0 Å². The maximum absolute atomic E-state index is 12.2. The standard InChI is InChI=1S/C18H28N2O2/c1-12(2)16-8-7-9-17(13(3)4)18(16)20(15(6)22)11-10-19-14(5)21/h7-9,12-13H,10-11H2,1-6H3,(H,19,21). The number of rotatable bonds is 6. The van der Waals surface area contributed by atoms with Crippen molar-refractivity contribution in [3.05, 3.63) is 29.3 Å². The first-order valence-electron chi connectivity index (χ1n) is 7.91. The number of nitrogens with zero attached hydrogens (tertiary/aromatic N) is 1. The normalized spacial score (nSPS) is 10.9. The van der Waals surface area contributed by atoms with E-state index in [0.29, 0.717) is 24.9 Å². The summed E-state index contributed by atoms with van der Waals surface area (Å²) in [6.45, 7) is 12.5. The summed E-state index contributed by atoms with van der Waals surface area (Å²) in [4.78, 5) is 25.0. The number of anilines is 1. The molecule has 0 unspecified atom stereocenters. The molecular weight excluding hydrogens is 276 g/mol. The Morgan fingerprint density at radius 1 is 1.05 bits per heavy atom. The van der Waals surface area contributed by atoms with Crippen molar-refractivity contribution in [1.82, 2.24) is 5.32 Å². The molecule has 1 aromatic rings. The van der Waals surface area contributed by atoms with Crippen LogP contribution in [0.5, 0.6) is 0 Å². The van der Waals surface area contributed by atoms with Gasteiger partial charge < -0.3 is 10.2 Å². The lowest BCUT2D eigenvalue weighted by molar-refractivity contribution is -0.119. The van der Waals surface area contributed by atoms with Crippen LogP contribution >= 0.6 is 0 Å². The molecule has 4 heteroatoms. The van der Waals surface area contributed by atoms with Gasteiger partial charge in [0.2, 0.25) is 11.8 Å². The summed E-state index contributed by atoms with van der Waals surface area (Å²) in [7, 11) is 0. The van der Waals surface area contributed by atoms with Crippen molar-refractivity contribution >= 4 is 17.5 Å². The second-order valence-corrected chi connectivity index (χ2v) is 6.25. The van der Waals surface area contributed by atoms with Crippen LogP contribution in [0.1, 0.15) is 64.5 Å². The van der Waals surface area contributed by atoms with Crippen LogP contribution in [-0.4, -0.2) is 24.9 Å². The summed E-state index contributed by atoms with van der Waals surface area (Å²) < 4.78 is 0. The minimum absolute atomic E-state index is 0.000326. The Bertz CT molecular complexity index is 510. The molecule has 22 heavy (non-hydrogen) atoms.